The number of carboxylic acid groups (broad SMARTS) is 1. The Labute approximate surface area is 122 Å². The van der Waals surface area contributed by atoms with Gasteiger partial charge in [0, 0.05) is 13.5 Å². The Kier molecular flexibility index (Phi) is 3.94. The van der Waals surface area contributed by atoms with E-state index in [-0.39, 0.29) is 5.92 Å². The van der Waals surface area contributed by atoms with E-state index in [2.05, 4.69) is 10.1 Å². The fourth-order valence-corrected chi connectivity index (χ4v) is 2.59. The Balaban J connectivity index is 2.32. The van der Waals surface area contributed by atoms with E-state index in [4.69, 9.17) is 0 Å². The van der Waals surface area contributed by atoms with E-state index >= 15 is 0 Å². The number of hydrogen-bond acceptors (Lipinski definition) is 4. The number of carbonyl (C=O) groups is 1. The topological polar surface area (TPSA) is 68.0 Å². The maximum absolute atomic E-state index is 11.6. The van der Waals surface area contributed by atoms with E-state index in [9.17, 15) is 9.90 Å². The van der Waals surface area contributed by atoms with Gasteiger partial charge in [-0.05, 0) is 24.3 Å². The van der Waals surface area contributed by atoms with E-state index in [1.807, 2.05) is 38.4 Å². The zero-order valence-corrected chi connectivity index (χ0v) is 12.9. The highest BCUT2D eigenvalue weighted by atomic mass is 32.1. The highest BCUT2D eigenvalue weighted by Crippen LogP contribution is 2.32. The Morgan fingerprint density at radius 1 is 1.55 bits per heavy atom. The van der Waals surface area contributed by atoms with Crippen molar-refractivity contribution in [2.75, 3.05) is 0 Å². The standard InChI is InChI=1S/C14H19N3O2S/c1-9(2)14(3,13(18)19)8-11-15-12(16-17(11)4)10-6-5-7-20-10/h5-7,9H,8H2,1-4H3,(H,18,19). The van der Waals surface area contributed by atoms with Crippen LogP contribution in [0.15, 0.2) is 17.5 Å². The summed E-state index contributed by atoms with van der Waals surface area (Å²) in [7, 11) is 1.81. The van der Waals surface area contributed by atoms with Crippen LogP contribution in [0.1, 0.15) is 26.6 Å². The van der Waals surface area contributed by atoms with E-state index in [1.165, 1.54) is 0 Å². The fourth-order valence-electron chi connectivity index (χ4n) is 1.94. The molecular weight excluding hydrogens is 274 g/mol. The molecule has 1 N–H and O–H groups in total. The summed E-state index contributed by atoms with van der Waals surface area (Å²) in [6.07, 6.45) is 0.370. The Morgan fingerprint density at radius 3 is 2.75 bits per heavy atom. The molecule has 0 bridgehead atoms. The van der Waals surface area contributed by atoms with E-state index in [1.54, 1.807) is 22.9 Å². The molecule has 0 aliphatic carbocycles. The first-order valence-electron chi connectivity index (χ1n) is 6.52. The molecule has 2 rings (SSSR count). The molecule has 0 fully saturated rings. The summed E-state index contributed by atoms with van der Waals surface area (Å²) < 4.78 is 1.68. The van der Waals surface area contributed by atoms with Crippen LogP contribution in [-0.4, -0.2) is 25.8 Å². The van der Waals surface area contributed by atoms with Crippen LogP contribution >= 0.6 is 11.3 Å². The van der Waals surface area contributed by atoms with Gasteiger partial charge in [0.05, 0.1) is 10.3 Å². The van der Waals surface area contributed by atoms with Crippen molar-refractivity contribution in [3.05, 3.63) is 23.3 Å². The zero-order valence-electron chi connectivity index (χ0n) is 12.1. The largest absolute Gasteiger partial charge is 0.481 e. The maximum atomic E-state index is 11.6. The van der Waals surface area contributed by atoms with Crippen LogP contribution < -0.4 is 0 Å². The number of aryl methyl sites for hydroxylation is 1. The van der Waals surface area contributed by atoms with Crippen molar-refractivity contribution in [3.8, 4) is 10.7 Å². The van der Waals surface area contributed by atoms with Gasteiger partial charge >= 0.3 is 5.97 Å². The normalized spacial score (nSPS) is 14.4. The predicted octanol–water partition coefficient (Wildman–Crippen LogP) is 2.83. The smallest absolute Gasteiger partial charge is 0.310 e. The molecule has 1 unspecified atom stereocenters. The van der Waals surface area contributed by atoms with Crippen LogP contribution in [0, 0.1) is 11.3 Å². The van der Waals surface area contributed by atoms with Crippen molar-refractivity contribution >= 4 is 17.3 Å². The van der Waals surface area contributed by atoms with E-state index < -0.39 is 11.4 Å². The lowest BCUT2D eigenvalue weighted by atomic mass is 9.76. The molecule has 2 aromatic heterocycles. The first-order chi connectivity index (χ1) is 9.34. The highest BCUT2D eigenvalue weighted by molar-refractivity contribution is 7.13. The quantitative estimate of drug-likeness (QED) is 0.920. The van der Waals surface area contributed by atoms with Gasteiger partial charge < -0.3 is 5.11 Å². The average Bonchev–Trinajstić information content (AvgIpc) is 2.99. The summed E-state index contributed by atoms with van der Waals surface area (Å²) in [5, 5.41) is 15.8. The van der Waals surface area contributed by atoms with Gasteiger partial charge in [0.2, 0.25) is 0 Å². The first-order valence-corrected chi connectivity index (χ1v) is 7.39. The monoisotopic (exact) mass is 293 g/mol. The van der Waals surface area contributed by atoms with Gasteiger partial charge in [0.25, 0.3) is 0 Å². The third-order valence-electron chi connectivity index (χ3n) is 3.88. The van der Waals surface area contributed by atoms with Gasteiger partial charge in [-0.1, -0.05) is 19.9 Å². The Morgan fingerprint density at radius 2 is 2.25 bits per heavy atom. The van der Waals surface area contributed by atoms with Crippen LogP contribution in [0.3, 0.4) is 0 Å². The van der Waals surface area contributed by atoms with Gasteiger partial charge in [0.1, 0.15) is 5.82 Å². The summed E-state index contributed by atoms with van der Waals surface area (Å²) >= 11 is 1.57. The van der Waals surface area contributed by atoms with Crippen molar-refractivity contribution in [3.63, 3.8) is 0 Å². The molecule has 0 saturated carbocycles. The van der Waals surface area contributed by atoms with Crippen LogP contribution in [0.2, 0.25) is 0 Å². The van der Waals surface area contributed by atoms with Crippen molar-refractivity contribution < 1.29 is 9.90 Å². The third kappa shape index (κ3) is 2.60. The summed E-state index contributed by atoms with van der Waals surface area (Å²) in [6, 6.07) is 3.91. The molecule has 0 radical (unpaired) electrons. The number of aromatic nitrogens is 3. The number of nitrogens with zero attached hydrogens (tertiary/aromatic N) is 3. The number of rotatable bonds is 5. The van der Waals surface area contributed by atoms with Crippen molar-refractivity contribution in [2.45, 2.75) is 27.2 Å². The lowest BCUT2D eigenvalue weighted by Crippen LogP contribution is -2.36. The van der Waals surface area contributed by atoms with Crippen LogP contribution in [-0.2, 0) is 18.3 Å². The van der Waals surface area contributed by atoms with Gasteiger partial charge in [-0.3, -0.25) is 9.48 Å². The summed E-state index contributed by atoms with van der Waals surface area (Å²) in [6.45, 7) is 5.61. The molecule has 0 aliphatic rings. The molecule has 0 aromatic carbocycles. The third-order valence-corrected chi connectivity index (χ3v) is 4.75. The number of carboxylic acids is 1. The average molecular weight is 293 g/mol. The Bertz CT molecular complexity index is 604. The summed E-state index contributed by atoms with van der Waals surface area (Å²) in [5.74, 6) is 0.580. The second-order valence-corrected chi connectivity index (χ2v) is 6.45. The second kappa shape index (κ2) is 5.36. The lowest BCUT2D eigenvalue weighted by Gasteiger charge is -2.28. The molecule has 6 heteroatoms. The lowest BCUT2D eigenvalue weighted by molar-refractivity contribution is -0.150. The minimum atomic E-state index is -0.840. The van der Waals surface area contributed by atoms with E-state index in [0.29, 0.717) is 18.1 Å². The molecule has 5 nitrogen and oxygen atoms in total. The minimum Gasteiger partial charge on any atom is -0.481 e. The van der Waals surface area contributed by atoms with Crippen LogP contribution in [0.5, 0.6) is 0 Å². The molecule has 1 atom stereocenters. The van der Waals surface area contributed by atoms with Gasteiger partial charge in [-0.25, -0.2) is 4.98 Å². The minimum absolute atomic E-state index is 0.0156. The Hall–Kier alpha value is -1.69. The predicted molar refractivity (Wildman–Crippen MR) is 78.6 cm³/mol. The second-order valence-electron chi connectivity index (χ2n) is 5.51. The SMILES string of the molecule is CC(C)C(C)(Cc1nc(-c2cccs2)nn1C)C(=O)O. The number of aliphatic carboxylic acids is 1. The summed E-state index contributed by atoms with van der Waals surface area (Å²) in [5.41, 5.74) is -0.840. The molecule has 0 aliphatic heterocycles. The highest BCUT2D eigenvalue weighted by Gasteiger charge is 2.38. The molecule has 0 saturated heterocycles. The molecule has 108 valence electrons. The molecule has 2 aromatic rings. The molecule has 0 amide bonds. The van der Waals surface area contributed by atoms with Gasteiger partial charge in [-0.15, -0.1) is 11.3 Å². The fraction of sp³-hybridized carbons (Fsp3) is 0.500. The van der Waals surface area contributed by atoms with Crippen molar-refractivity contribution in [2.24, 2.45) is 18.4 Å². The van der Waals surface area contributed by atoms with Crippen LogP contribution in [0.25, 0.3) is 10.7 Å². The van der Waals surface area contributed by atoms with Crippen LogP contribution in [0.4, 0.5) is 0 Å². The van der Waals surface area contributed by atoms with Crippen molar-refractivity contribution in [1.82, 2.24) is 14.8 Å². The molecule has 0 spiro atoms. The number of thiophene rings is 1. The van der Waals surface area contributed by atoms with Gasteiger partial charge in [0.15, 0.2) is 5.82 Å². The first kappa shape index (κ1) is 14.7. The number of hydrogen-bond donors (Lipinski definition) is 1. The van der Waals surface area contributed by atoms with E-state index in [0.717, 1.165) is 4.88 Å². The molecular formula is C14H19N3O2S. The molecule has 20 heavy (non-hydrogen) atoms. The maximum Gasteiger partial charge on any atom is 0.310 e. The molecule has 2 heterocycles. The zero-order chi connectivity index (χ0) is 14.9. The summed E-state index contributed by atoms with van der Waals surface area (Å²) in [4.78, 5) is 17.1. The van der Waals surface area contributed by atoms with Gasteiger partial charge in [-0.2, -0.15) is 5.10 Å². The van der Waals surface area contributed by atoms with Crippen molar-refractivity contribution in [1.29, 1.82) is 0 Å².